The second kappa shape index (κ2) is 5.23. The summed E-state index contributed by atoms with van der Waals surface area (Å²) < 4.78 is 4.29. The number of nitrogens with zero attached hydrogens (tertiary/aromatic N) is 4. The molecule has 0 spiro atoms. The number of rotatable bonds is 4. The van der Waals surface area contributed by atoms with E-state index in [1.807, 2.05) is 13.1 Å². The SMILES string of the molecule is Cn1nccc1CNCc1cn(C)c(=O)n(C)c1=O. The molecule has 0 aliphatic rings. The normalized spacial score (nSPS) is 10.9. The van der Waals surface area contributed by atoms with E-state index in [1.165, 1.54) is 11.6 Å². The maximum absolute atomic E-state index is 11.9. The Hall–Kier alpha value is -2.15. The van der Waals surface area contributed by atoms with E-state index < -0.39 is 0 Å². The van der Waals surface area contributed by atoms with Crippen LogP contribution in [0.3, 0.4) is 0 Å². The molecule has 0 saturated heterocycles. The molecule has 102 valence electrons. The van der Waals surface area contributed by atoms with Gasteiger partial charge in [-0.3, -0.25) is 14.0 Å². The van der Waals surface area contributed by atoms with E-state index in [0.717, 1.165) is 10.3 Å². The molecule has 0 amide bonds. The van der Waals surface area contributed by atoms with E-state index in [9.17, 15) is 9.59 Å². The van der Waals surface area contributed by atoms with Gasteiger partial charge in [-0.05, 0) is 6.07 Å². The van der Waals surface area contributed by atoms with Crippen molar-refractivity contribution in [3.63, 3.8) is 0 Å². The molecule has 0 fully saturated rings. The Morgan fingerprint density at radius 3 is 2.58 bits per heavy atom. The topological polar surface area (TPSA) is 73.8 Å². The molecule has 2 heterocycles. The molecule has 0 radical (unpaired) electrons. The Balaban J connectivity index is 2.11. The van der Waals surface area contributed by atoms with Crippen molar-refractivity contribution in [1.29, 1.82) is 0 Å². The summed E-state index contributed by atoms with van der Waals surface area (Å²) in [5.41, 5.74) is 1.01. The fourth-order valence-electron chi connectivity index (χ4n) is 1.90. The fraction of sp³-hybridized carbons (Fsp3) is 0.417. The van der Waals surface area contributed by atoms with Gasteiger partial charge in [-0.1, -0.05) is 0 Å². The van der Waals surface area contributed by atoms with E-state index >= 15 is 0 Å². The van der Waals surface area contributed by atoms with Gasteiger partial charge in [-0.2, -0.15) is 5.10 Å². The third kappa shape index (κ3) is 2.65. The van der Waals surface area contributed by atoms with Gasteiger partial charge in [-0.15, -0.1) is 0 Å². The number of hydrogen-bond acceptors (Lipinski definition) is 4. The summed E-state index contributed by atoms with van der Waals surface area (Å²) in [5, 5.41) is 7.24. The predicted octanol–water partition coefficient (Wildman–Crippen LogP) is -0.893. The Kier molecular flexibility index (Phi) is 3.66. The lowest BCUT2D eigenvalue weighted by Crippen LogP contribution is -2.39. The average Bonchev–Trinajstić information content (AvgIpc) is 2.79. The van der Waals surface area contributed by atoms with Crippen LogP contribution >= 0.6 is 0 Å². The van der Waals surface area contributed by atoms with E-state index in [2.05, 4.69) is 10.4 Å². The van der Waals surface area contributed by atoms with Gasteiger partial charge in [0, 0.05) is 52.2 Å². The van der Waals surface area contributed by atoms with Crippen LogP contribution in [0.25, 0.3) is 0 Å². The maximum atomic E-state index is 11.9. The summed E-state index contributed by atoms with van der Waals surface area (Å²) in [7, 11) is 4.98. The first-order chi connectivity index (χ1) is 9.00. The van der Waals surface area contributed by atoms with Crippen molar-refractivity contribution >= 4 is 0 Å². The standard InChI is InChI=1S/C12H17N5O2/c1-15-8-9(11(18)16(2)12(15)19)6-13-7-10-4-5-14-17(10)3/h4-5,8,13H,6-7H2,1-3H3. The minimum Gasteiger partial charge on any atom is -0.307 e. The van der Waals surface area contributed by atoms with Crippen molar-refractivity contribution < 1.29 is 0 Å². The van der Waals surface area contributed by atoms with Crippen LogP contribution in [0.2, 0.25) is 0 Å². The first-order valence-corrected chi connectivity index (χ1v) is 5.94. The Bertz CT molecular complexity index is 695. The summed E-state index contributed by atoms with van der Waals surface area (Å²) in [5.74, 6) is 0. The lowest BCUT2D eigenvalue weighted by Gasteiger charge is -2.08. The molecule has 7 heteroatoms. The Morgan fingerprint density at radius 2 is 1.95 bits per heavy atom. The first kappa shape index (κ1) is 13.3. The van der Waals surface area contributed by atoms with Crippen molar-refractivity contribution in [2.24, 2.45) is 21.1 Å². The molecular formula is C12H17N5O2. The van der Waals surface area contributed by atoms with Crippen LogP contribution in [0, 0.1) is 0 Å². The largest absolute Gasteiger partial charge is 0.330 e. The van der Waals surface area contributed by atoms with Crippen molar-refractivity contribution in [2.75, 3.05) is 0 Å². The molecule has 0 unspecified atom stereocenters. The lowest BCUT2D eigenvalue weighted by molar-refractivity contribution is 0.603. The zero-order valence-electron chi connectivity index (χ0n) is 11.3. The zero-order chi connectivity index (χ0) is 14.0. The monoisotopic (exact) mass is 263 g/mol. The molecule has 2 aromatic rings. The summed E-state index contributed by atoms with van der Waals surface area (Å²) in [6.45, 7) is 1.02. The molecule has 0 bridgehead atoms. The van der Waals surface area contributed by atoms with E-state index in [0.29, 0.717) is 18.7 Å². The average molecular weight is 263 g/mol. The molecule has 2 aromatic heterocycles. The Morgan fingerprint density at radius 1 is 1.21 bits per heavy atom. The number of nitrogens with one attached hydrogen (secondary N) is 1. The van der Waals surface area contributed by atoms with Crippen LogP contribution in [0.15, 0.2) is 28.0 Å². The minimum atomic E-state index is -0.319. The highest BCUT2D eigenvalue weighted by atomic mass is 16.2. The van der Waals surface area contributed by atoms with Gasteiger partial charge in [0.2, 0.25) is 0 Å². The molecule has 19 heavy (non-hydrogen) atoms. The quantitative estimate of drug-likeness (QED) is 0.776. The predicted molar refractivity (Wildman–Crippen MR) is 70.7 cm³/mol. The summed E-state index contributed by atoms with van der Waals surface area (Å²) in [6.07, 6.45) is 3.29. The summed E-state index contributed by atoms with van der Waals surface area (Å²) in [4.78, 5) is 23.4. The summed E-state index contributed by atoms with van der Waals surface area (Å²) in [6, 6.07) is 1.91. The van der Waals surface area contributed by atoms with Gasteiger partial charge in [-0.25, -0.2) is 4.79 Å². The molecule has 0 aliphatic carbocycles. The van der Waals surface area contributed by atoms with Crippen molar-refractivity contribution in [3.05, 3.63) is 50.6 Å². The molecule has 0 atom stereocenters. The second-order valence-corrected chi connectivity index (χ2v) is 4.46. The van der Waals surface area contributed by atoms with Crippen molar-refractivity contribution in [3.8, 4) is 0 Å². The van der Waals surface area contributed by atoms with E-state index in [-0.39, 0.29) is 11.2 Å². The van der Waals surface area contributed by atoms with Crippen LogP contribution in [0.1, 0.15) is 11.3 Å². The number of aromatic nitrogens is 4. The van der Waals surface area contributed by atoms with Crippen molar-refractivity contribution in [2.45, 2.75) is 13.1 Å². The van der Waals surface area contributed by atoms with Crippen molar-refractivity contribution in [1.82, 2.24) is 24.2 Å². The molecule has 7 nitrogen and oxygen atoms in total. The smallest absolute Gasteiger partial charge is 0.307 e. The minimum absolute atomic E-state index is 0.263. The van der Waals surface area contributed by atoms with Gasteiger partial charge in [0.1, 0.15) is 0 Å². The van der Waals surface area contributed by atoms with Gasteiger partial charge >= 0.3 is 5.69 Å². The molecule has 0 aliphatic heterocycles. The van der Waals surface area contributed by atoms with Crippen LogP contribution in [0.4, 0.5) is 0 Å². The molecular weight excluding hydrogens is 246 g/mol. The van der Waals surface area contributed by atoms with Crippen LogP contribution in [0.5, 0.6) is 0 Å². The highest BCUT2D eigenvalue weighted by Gasteiger charge is 2.06. The number of hydrogen-bond donors (Lipinski definition) is 1. The highest BCUT2D eigenvalue weighted by Crippen LogP contribution is 1.96. The fourth-order valence-corrected chi connectivity index (χ4v) is 1.90. The molecule has 0 aromatic carbocycles. The highest BCUT2D eigenvalue weighted by molar-refractivity contribution is 5.06. The maximum Gasteiger partial charge on any atom is 0.330 e. The molecule has 2 rings (SSSR count). The van der Waals surface area contributed by atoms with E-state index in [1.54, 1.807) is 24.1 Å². The van der Waals surface area contributed by atoms with Crippen LogP contribution in [-0.4, -0.2) is 18.9 Å². The van der Waals surface area contributed by atoms with Gasteiger partial charge < -0.3 is 9.88 Å². The lowest BCUT2D eigenvalue weighted by atomic mass is 10.3. The van der Waals surface area contributed by atoms with Crippen LogP contribution in [-0.2, 0) is 34.2 Å². The van der Waals surface area contributed by atoms with Gasteiger partial charge in [0.05, 0.1) is 5.69 Å². The van der Waals surface area contributed by atoms with Gasteiger partial charge in [0.15, 0.2) is 0 Å². The third-order valence-corrected chi connectivity index (χ3v) is 3.06. The third-order valence-electron chi connectivity index (χ3n) is 3.06. The molecule has 1 N–H and O–H groups in total. The molecule has 0 saturated carbocycles. The van der Waals surface area contributed by atoms with E-state index in [4.69, 9.17) is 0 Å². The number of aryl methyl sites for hydroxylation is 2. The van der Waals surface area contributed by atoms with Crippen LogP contribution < -0.4 is 16.6 Å². The zero-order valence-corrected chi connectivity index (χ0v) is 11.3. The second-order valence-electron chi connectivity index (χ2n) is 4.46. The van der Waals surface area contributed by atoms with Gasteiger partial charge in [0.25, 0.3) is 5.56 Å². The first-order valence-electron chi connectivity index (χ1n) is 5.94. The Labute approximate surface area is 110 Å². The summed E-state index contributed by atoms with van der Waals surface area (Å²) >= 11 is 0.